The topological polar surface area (TPSA) is 17.1 Å². The van der Waals surface area contributed by atoms with E-state index in [1.807, 2.05) is 0 Å². The van der Waals surface area contributed by atoms with Crippen molar-refractivity contribution < 1.29 is 4.79 Å². The van der Waals surface area contributed by atoms with Crippen LogP contribution in [0.4, 0.5) is 0 Å². The van der Waals surface area contributed by atoms with Crippen molar-refractivity contribution in [2.24, 2.45) is 0 Å². The van der Waals surface area contributed by atoms with E-state index in [0.29, 0.717) is 10.0 Å². The van der Waals surface area contributed by atoms with Crippen molar-refractivity contribution in [3.63, 3.8) is 0 Å². The minimum absolute atomic E-state index is 0.179. The monoisotopic (exact) mass is 222 g/mol. The Bertz CT molecular complexity index is 309. The van der Waals surface area contributed by atoms with Crippen LogP contribution in [0.1, 0.15) is 5.56 Å². The molecule has 0 N–H and O–H groups in total. The van der Waals surface area contributed by atoms with Crippen molar-refractivity contribution in [3.8, 4) is 0 Å². The van der Waals surface area contributed by atoms with Gasteiger partial charge >= 0.3 is 0 Å². The van der Waals surface area contributed by atoms with Crippen LogP contribution < -0.4 is 0 Å². The number of carbonyl (C=O) groups excluding carboxylic acids is 1. The first kappa shape index (κ1) is 9.85. The Hall–Kier alpha value is -0.240. The molecule has 1 nitrogen and oxygen atoms in total. The maximum absolute atomic E-state index is 10.5. The van der Waals surface area contributed by atoms with Crippen molar-refractivity contribution in [3.05, 3.63) is 33.8 Å². The van der Waals surface area contributed by atoms with Crippen molar-refractivity contribution in [1.29, 1.82) is 0 Å². The average molecular weight is 223 g/mol. The molecule has 0 aliphatic carbocycles. The molecule has 1 rings (SSSR count). The van der Waals surface area contributed by atoms with Crippen LogP contribution >= 0.6 is 34.8 Å². The lowest BCUT2D eigenvalue weighted by Crippen LogP contribution is -1.92. The maximum atomic E-state index is 10.5. The zero-order valence-corrected chi connectivity index (χ0v) is 8.25. The van der Waals surface area contributed by atoms with Gasteiger partial charge in [-0.1, -0.05) is 29.3 Å². The molecular weight excluding hydrogens is 218 g/mol. The Labute approximate surface area is 85.2 Å². The van der Waals surface area contributed by atoms with Crippen LogP contribution in [0.5, 0.6) is 0 Å². The summed E-state index contributed by atoms with van der Waals surface area (Å²) in [4.78, 5) is 10.5. The second-order valence-electron chi connectivity index (χ2n) is 2.28. The molecule has 0 aliphatic heterocycles. The number of rotatable bonds is 2. The van der Waals surface area contributed by atoms with Gasteiger partial charge in [0.25, 0.3) is 0 Å². The predicted octanol–water partition coefficient (Wildman–Crippen LogP) is 3.30. The first-order valence-electron chi connectivity index (χ1n) is 3.22. The van der Waals surface area contributed by atoms with Gasteiger partial charge in [0.2, 0.25) is 5.24 Å². The Morgan fingerprint density at radius 2 is 1.92 bits per heavy atom. The Kier molecular flexibility index (Phi) is 3.39. The van der Waals surface area contributed by atoms with E-state index in [-0.39, 0.29) is 6.42 Å². The number of halogens is 3. The molecule has 0 unspecified atom stereocenters. The molecule has 0 fully saturated rings. The molecule has 0 saturated carbocycles. The molecule has 1 aromatic rings. The fourth-order valence-corrected chi connectivity index (χ4v) is 1.29. The quantitative estimate of drug-likeness (QED) is 0.703. The summed E-state index contributed by atoms with van der Waals surface area (Å²) in [6, 6.07) is 4.98. The molecule has 0 bridgehead atoms. The number of carbonyl (C=O) groups is 1. The molecule has 4 heteroatoms. The summed E-state index contributed by atoms with van der Waals surface area (Å²) in [5.41, 5.74) is 0.768. The Balaban J connectivity index is 2.89. The number of hydrogen-bond donors (Lipinski definition) is 0. The molecule has 0 amide bonds. The Morgan fingerprint density at radius 3 is 2.42 bits per heavy atom. The summed E-state index contributed by atoms with van der Waals surface area (Å²) < 4.78 is 0. The summed E-state index contributed by atoms with van der Waals surface area (Å²) in [6.45, 7) is 0. The van der Waals surface area contributed by atoms with Crippen LogP contribution in [0.3, 0.4) is 0 Å². The summed E-state index contributed by atoms with van der Waals surface area (Å²) >= 11 is 16.6. The molecule has 0 aromatic heterocycles. The van der Waals surface area contributed by atoms with Crippen LogP contribution in [0.15, 0.2) is 18.2 Å². The van der Waals surface area contributed by atoms with Gasteiger partial charge in [0.05, 0.1) is 10.0 Å². The van der Waals surface area contributed by atoms with E-state index in [1.165, 1.54) is 0 Å². The lowest BCUT2D eigenvalue weighted by Gasteiger charge is -1.98. The summed E-state index contributed by atoms with van der Waals surface area (Å²) in [5.74, 6) is 0. The third kappa shape index (κ3) is 2.67. The molecule has 0 aliphatic rings. The highest BCUT2D eigenvalue weighted by molar-refractivity contribution is 6.63. The minimum Gasteiger partial charge on any atom is -0.281 e. The van der Waals surface area contributed by atoms with Crippen molar-refractivity contribution in [1.82, 2.24) is 0 Å². The third-order valence-electron chi connectivity index (χ3n) is 1.33. The molecule has 1 aromatic carbocycles. The molecule has 0 heterocycles. The molecular formula is C8H5Cl3O. The molecule has 0 radical (unpaired) electrons. The van der Waals surface area contributed by atoms with E-state index in [0.717, 1.165) is 5.56 Å². The highest BCUT2D eigenvalue weighted by Gasteiger charge is 2.02. The Morgan fingerprint density at radius 1 is 1.25 bits per heavy atom. The van der Waals surface area contributed by atoms with Gasteiger partial charge in [-0.05, 0) is 29.3 Å². The third-order valence-corrected chi connectivity index (χ3v) is 2.20. The van der Waals surface area contributed by atoms with E-state index in [1.54, 1.807) is 18.2 Å². The van der Waals surface area contributed by atoms with Crippen LogP contribution in [0, 0.1) is 0 Å². The van der Waals surface area contributed by atoms with Gasteiger partial charge in [0, 0.05) is 6.42 Å². The van der Waals surface area contributed by atoms with Gasteiger partial charge in [-0.2, -0.15) is 0 Å². The second kappa shape index (κ2) is 4.13. The van der Waals surface area contributed by atoms with Crippen LogP contribution in [0.25, 0.3) is 0 Å². The summed E-state index contributed by atoms with van der Waals surface area (Å²) in [7, 11) is 0. The minimum atomic E-state index is -0.409. The number of hydrogen-bond acceptors (Lipinski definition) is 1. The average Bonchev–Trinajstić information content (AvgIpc) is 1.96. The van der Waals surface area contributed by atoms with E-state index in [4.69, 9.17) is 34.8 Å². The van der Waals surface area contributed by atoms with Crippen LogP contribution in [-0.2, 0) is 11.2 Å². The molecule has 12 heavy (non-hydrogen) atoms. The first-order chi connectivity index (χ1) is 5.59. The van der Waals surface area contributed by atoms with E-state index in [9.17, 15) is 4.79 Å². The fraction of sp³-hybridized carbons (Fsp3) is 0.125. The van der Waals surface area contributed by atoms with Crippen molar-refractivity contribution in [2.75, 3.05) is 0 Å². The van der Waals surface area contributed by atoms with Gasteiger partial charge in [-0.25, -0.2) is 0 Å². The zero-order valence-electron chi connectivity index (χ0n) is 5.98. The predicted molar refractivity (Wildman–Crippen MR) is 51.0 cm³/mol. The van der Waals surface area contributed by atoms with Gasteiger partial charge in [0.1, 0.15) is 0 Å². The zero-order chi connectivity index (χ0) is 9.14. The lowest BCUT2D eigenvalue weighted by molar-refractivity contribution is -0.111. The first-order valence-corrected chi connectivity index (χ1v) is 4.35. The maximum Gasteiger partial charge on any atom is 0.226 e. The smallest absolute Gasteiger partial charge is 0.226 e. The van der Waals surface area contributed by atoms with Crippen molar-refractivity contribution in [2.45, 2.75) is 6.42 Å². The molecule has 0 atom stereocenters. The van der Waals surface area contributed by atoms with Crippen LogP contribution in [-0.4, -0.2) is 5.24 Å². The van der Waals surface area contributed by atoms with Crippen molar-refractivity contribution >= 4 is 40.0 Å². The van der Waals surface area contributed by atoms with E-state index in [2.05, 4.69) is 0 Å². The normalized spacial score (nSPS) is 9.92. The van der Waals surface area contributed by atoms with E-state index < -0.39 is 5.24 Å². The molecule has 0 spiro atoms. The highest BCUT2D eigenvalue weighted by atomic mass is 35.5. The second-order valence-corrected chi connectivity index (χ2v) is 3.52. The highest BCUT2D eigenvalue weighted by Crippen LogP contribution is 2.22. The van der Waals surface area contributed by atoms with Gasteiger partial charge in [-0.3, -0.25) is 4.79 Å². The van der Waals surface area contributed by atoms with Gasteiger partial charge in [-0.15, -0.1) is 0 Å². The molecule has 0 saturated heterocycles. The summed E-state index contributed by atoms with van der Waals surface area (Å²) in [6.07, 6.45) is 0.179. The standard InChI is InChI=1S/C8H5Cl3O/c9-6-2-1-5(3-7(6)10)4-8(11)12/h1-3H,4H2. The lowest BCUT2D eigenvalue weighted by atomic mass is 10.2. The number of benzene rings is 1. The SMILES string of the molecule is O=C(Cl)Cc1ccc(Cl)c(Cl)c1. The summed E-state index contributed by atoms with van der Waals surface area (Å²) in [5, 5.41) is 0.503. The van der Waals surface area contributed by atoms with Gasteiger partial charge in [0.15, 0.2) is 0 Å². The van der Waals surface area contributed by atoms with E-state index >= 15 is 0 Å². The largest absolute Gasteiger partial charge is 0.281 e. The molecule has 64 valence electrons. The van der Waals surface area contributed by atoms with Gasteiger partial charge < -0.3 is 0 Å². The van der Waals surface area contributed by atoms with Crippen LogP contribution in [0.2, 0.25) is 10.0 Å². The fourth-order valence-electron chi connectivity index (χ4n) is 0.810.